The van der Waals surface area contributed by atoms with Crippen molar-refractivity contribution < 1.29 is 0 Å². The van der Waals surface area contributed by atoms with Gasteiger partial charge in [0.05, 0.1) is 0 Å². The van der Waals surface area contributed by atoms with Crippen LogP contribution in [0.25, 0.3) is 0 Å². The van der Waals surface area contributed by atoms with Gasteiger partial charge in [0.2, 0.25) is 0 Å². The Kier molecular flexibility index (Phi) is 11.8. The zero-order valence-corrected chi connectivity index (χ0v) is 23.8. The normalized spacial score (nSPS) is 24.2. The highest BCUT2D eigenvalue weighted by Gasteiger charge is 2.21. The number of piperidine rings is 1. The Labute approximate surface area is 224 Å². The van der Waals surface area contributed by atoms with Gasteiger partial charge in [-0.3, -0.25) is 0 Å². The monoisotopic (exact) mass is 516 g/mol. The van der Waals surface area contributed by atoms with E-state index in [0.29, 0.717) is 0 Å². The van der Waals surface area contributed by atoms with Gasteiger partial charge in [0.25, 0.3) is 0 Å². The summed E-state index contributed by atoms with van der Waals surface area (Å²) in [5, 5.41) is 0. The van der Waals surface area contributed by atoms with Crippen LogP contribution < -0.4 is 0 Å². The third-order valence-corrected chi connectivity index (χ3v) is 9.80. The Morgan fingerprint density at radius 2 is 1.31 bits per heavy atom. The van der Waals surface area contributed by atoms with Crippen molar-refractivity contribution in [2.24, 2.45) is 5.92 Å². The Morgan fingerprint density at radius 3 is 2.03 bits per heavy atom. The molecule has 1 aliphatic carbocycles. The summed E-state index contributed by atoms with van der Waals surface area (Å²) in [6, 6.07) is 9.01. The first kappa shape index (κ1) is 27.5. The zero-order chi connectivity index (χ0) is 24.3. The van der Waals surface area contributed by atoms with E-state index in [9.17, 15) is 0 Å². The van der Waals surface area contributed by atoms with Gasteiger partial charge in [-0.05, 0) is 94.1 Å². The van der Waals surface area contributed by atoms with E-state index in [0.717, 1.165) is 32.1 Å². The third kappa shape index (κ3) is 10.1. The number of aryl methyl sites for hydroxylation is 1. The minimum atomic E-state index is 0.924. The topological polar surface area (TPSA) is 13.0 Å². The molecule has 1 aromatic rings. The summed E-state index contributed by atoms with van der Waals surface area (Å²) in [4.78, 5) is 4.15. The van der Waals surface area contributed by atoms with Crippen LogP contribution in [0.3, 0.4) is 0 Å². The van der Waals surface area contributed by atoms with Crippen molar-refractivity contribution in [1.29, 1.82) is 0 Å². The summed E-state index contributed by atoms with van der Waals surface area (Å²) in [6.07, 6.45) is 13.8. The van der Waals surface area contributed by atoms with Crippen molar-refractivity contribution in [1.82, 2.24) is 17.8 Å². The highest BCUT2D eigenvalue weighted by molar-refractivity contribution is 7.97. The molecule has 6 heteroatoms. The molecule has 0 unspecified atom stereocenters. The highest BCUT2D eigenvalue weighted by atomic mass is 32.2. The second-order valence-corrected chi connectivity index (χ2v) is 13.3. The number of benzene rings is 1. The minimum Gasteiger partial charge on any atom is -0.303 e. The van der Waals surface area contributed by atoms with Crippen LogP contribution in [0.1, 0.15) is 69.8 Å². The van der Waals surface area contributed by atoms with Gasteiger partial charge in [-0.25, -0.2) is 12.9 Å². The fraction of sp³-hybridized carbons (Fsp3) is 0.724. The molecule has 196 valence electrons. The van der Waals surface area contributed by atoms with Crippen LogP contribution in [-0.2, 0) is 0 Å². The SMILES string of the molecule is C=C1CN(Sc2ccc(C)cc2)CCCN(CC2CCCCC2)CCCN(SN2CCCCC2)C1. The molecule has 0 aromatic heterocycles. The van der Waals surface area contributed by atoms with Crippen molar-refractivity contribution in [3.63, 3.8) is 0 Å². The molecule has 1 aromatic carbocycles. The third-order valence-electron chi connectivity index (χ3n) is 7.61. The fourth-order valence-corrected chi connectivity index (χ4v) is 7.91. The molecule has 3 aliphatic rings. The van der Waals surface area contributed by atoms with Crippen LogP contribution in [0, 0.1) is 12.8 Å². The van der Waals surface area contributed by atoms with Gasteiger partial charge in [0.1, 0.15) is 0 Å². The molecule has 0 radical (unpaired) electrons. The molecule has 35 heavy (non-hydrogen) atoms. The standard InChI is InChI=1S/C29H48N4S2/c1-26-13-15-29(16-14-26)34-32-21-9-17-30(25-28-11-5-3-6-12-28)18-10-22-33(24-27(2)23-32)35-31-19-7-4-8-20-31/h13-16,28H,2-12,17-25H2,1H3. The van der Waals surface area contributed by atoms with Crippen LogP contribution in [0.15, 0.2) is 41.3 Å². The lowest BCUT2D eigenvalue weighted by atomic mass is 9.89. The average Bonchev–Trinajstić information content (AvgIpc) is 2.85. The molecule has 2 heterocycles. The summed E-state index contributed by atoms with van der Waals surface area (Å²) >= 11 is 3.92. The molecule has 0 atom stereocenters. The van der Waals surface area contributed by atoms with E-state index in [1.807, 2.05) is 24.1 Å². The van der Waals surface area contributed by atoms with Gasteiger partial charge in [-0.15, -0.1) is 0 Å². The van der Waals surface area contributed by atoms with Gasteiger partial charge in [-0.1, -0.05) is 50.0 Å². The van der Waals surface area contributed by atoms with Gasteiger partial charge < -0.3 is 4.90 Å². The molecule has 2 aliphatic heterocycles. The predicted molar refractivity (Wildman–Crippen MR) is 155 cm³/mol. The molecular formula is C29H48N4S2. The average molecular weight is 517 g/mol. The summed E-state index contributed by atoms with van der Waals surface area (Å²) in [6.45, 7) is 17.2. The van der Waals surface area contributed by atoms with Crippen molar-refractivity contribution in [3.05, 3.63) is 42.0 Å². The summed E-state index contributed by atoms with van der Waals surface area (Å²) in [5.74, 6) is 0.924. The van der Waals surface area contributed by atoms with Gasteiger partial charge in [-0.2, -0.15) is 0 Å². The maximum Gasteiger partial charge on any atom is 0.0322 e. The molecule has 0 bridgehead atoms. The van der Waals surface area contributed by atoms with Crippen molar-refractivity contribution in [2.75, 3.05) is 58.9 Å². The van der Waals surface area contributed by atoms with E-state index in [-0.39, 0.29) is 0 Å². The Morgan fingerprint density at radius 1 is 0.714 bits per heavy atom. The van der Waals surface area contributed by atoms with Crippen LogP contribution >= 0.6 is 24.1 Å². The number of rotatable bonds is 6. The molecule has 0 amide bonds. The number of hydrogen-bond donors (Lipinski definition) is 0. The van der Waals surface area contributed by atoms with Crippen molar-refractivity contribution in [2.45, 2.75) is 76.0 Å². The number of nitrogens with zero attached hydrogens (tertiary/aromatic N) is 4. The lowest BCUT2D eigenvalue weighted by Gasteiger charge is -2.34. The van der Waals surface area contributed by atoms with E-state index in [4.69, 9.17) is 0 Å². The summed E-state index contributed by atoms with van der Waals surface area (Å²) < 4.78 is 7.78. The van der Waals surface area contributed by atoms with Gasteiger partial charge in [0.15, 0.2) is 0 Å². The van der Waals surface area contributed by atoms with Crippen LogP contribution in [-0.4, -0.2) is 76.7 Å². The Bertz CT molecular complexity index is 744. The van der Waals surface area contributed by atoms with E-state index in [1.54, 1.807) is 0 Å². The molecule has 4 rings (SSSR count). The fourth-order valence-electron chi connectivity index (χ4n) is 5.68. The first-order valence-corrected chi connectivity index (χ1v) is 15.7. The van der Waals surface area contributed by atoms with Crippen molar-refractivity contribution in [3.8, 4) is 0 Å². The van der Waals surface area contributed by atoms with E-state index < -0.39 is 0 Å². The maximum absolute atomic E-state index is 4.54. The van der Waals surface area contributed by atoms with Crippen LogP contribution in [0.5, 0.6) is 0 Å². The smallest absolute Gasteiger partial charge is 0.0322 e. The molecule has 0 spiro atoms. The second kappa shape index (κ2) is 15.0. The lowest BCUT2D eigenvalue weighted by Crippen LogP contribution is -2.37. The largest absolute Gasteiger partial charge is 0.303 e. The molecule has 3 fully saturated rings. The maximum atomic E-state index is 4.54. The molecule has 0 N–H and O–H groups in total. The quantitative estimate of drug-likeness (QED) is 0.299. The summed E-state index contributed by atoms with van der Waals surface area (Å²) in [7, 11) is 0. The zero-order valence-electron chi connectivity index (χ0n) is 22.1. The number of hydrogen-bond acceptors (Lipinski definition) is 6. The molecule has 1 saturated carbocycles. The Hall–Kier alpha value is -0.500. The second-order valence-electron chi connectivity index (χ2n) is 11.0. The first-order chi connectivity index (χ1) is 17.1. The van der Waals surface area contributed by atoms with Gasteiger partial charge >= 0.3 is 0 Å². The first-order valence-electron chi connectivity index (χ1n) is 14.2. The minimum absolute atomic E-state index is 0.924. The van der Waals surface area contributed by atoms with E-state index >= 15 is 0 Å². The lowest BCUT2D eigenvalue weighted by molar-refractivity contribution is 0.189. The van der Waals surface area contributed by atoms with Gasteiger partial charge in [0, 0.05) is 62.8 Å². The van der Waals surface area contributed by atoms with Crippen LogP contribution in [0.2, 0.25) is 0 Å². The van der Waals surface area contributed by atoms with E-state index in [1.165, 1.54) is 113 Å². The summed E-state index contributed by atoms with van der Waals surface area (Å²) in [5.41, 5.74) is 2.67. The molecular weight excluding hydrogens is 468 g/mol. The molecule has 4 nitrogen and oxygen atoms in total. The van der Waals surface area contributed by atoms with Crippen LogP contribution in [0.4, 0.5) is 0 Å². The predicted octanol–water partition coefficient (Wildman–Crippen LogP) is 6.89. The highest BCUT2D eigenvalue weighted by Crippen LogP contribution is 2.28. The molecule has 2 saturated heterocycles. The van der Waals surface area contributed by atoms with Crippen molar-refractivity contribution >= 4 is 24.1 Å². The van der Waals surface area contributed by atoms with E-state index in [2.05, 4.69) is 55.6 Å². The Balaban J connectivity index is 1.40.